The summed E-state index contributed by atoms with van der Waals surface area (Å²) in [6.07, 6.45) is 1.48. The predicted octanol–water partition coefficient (Wildman–Crippen LogP) is 2.40. The standard InChI is InChI=1S/C14H23N3O/c1-5-14(6-2,9-15)13(18)17-12-8-7-10(3)16-11(12)4/h7-8H,5-6,9,15H2,1-4H3,(H,17,18). The Bertz CT molecular complexity index is 417. The first-order valence-electron chi connectivity index (χ1n) is 6.45. The zero-order chi connectivity index (χ0) is 13.8. The van der Waals surface area contributed by atoms with Crippen molar-refractivity contribution in [2.24, 2.45) is 11.1 Å². The Labute approximate surface area is 109 Å². The normalized spacial score (nSPS) is 11.4. The molecule has 0 aliphatic rings. The smallest absolute Gasteiger partial charge is 0.231 e. The minimum absolute atomic E-state index is 0.0104. The van der Waals surface area contributed by atoms with Gasteiger partial charge in [-0.1, -0.05) is 13.8 Å². The van der Waals surface area contributed by atoms with Crippen LogP contribution in [0, 0.1) is 19.3 Å². The van der Waals surface area contributed by atoms with Gasteiger partial charge in [0, 0.05) is 12.2 Å². The van der Waals surface area contributed by atoms with Crippen LogP contribution in [0.5, 0.6) is 0 Å². The second kappa shape index (κ2) is 5.96. The van der Waals surface area contributed by atoms with Gasteiger partial charge in [-0.25, -0.2) is 0 Å². The van der Waals surface area contributed by atoms with Crippen molar-refractivity contribution in [1.29, 1.82) is 0 Å². The Hall–Kier alpha value is -1.42. The summed E-state index contributed by atoms with van der Waals surface area (Å²) in [6.45, 7) is 8.18. The molecule has 4 heteroatoms. The summed E-state index contributed by atoms with van der Waals surface area (Å²) in [7, 11) is 0. The molecule has 1 rings (SSSR count). The average Bonchev–Trinajstić information content (AvgIpc) is 2.36. The van der Waals surface area contributed by atoms with Gasteiger partial charge in [-0.15, -0.1) is 0 Å². The third-order valence-electron chi connectivity index (χ3n) is 3.70. The number of carbonyl (C=O) groups excluding carboxylic acids is 1. The van der Waals surface area contributed by atoms with Crippen LogP contribution < -0.4 is 11.1 Å². The highest BCUT2D eigenvalue weighted by Crippen LogP contribution is 2.27. The third-order valence-corrected chi connectivity index (χ3v) is 3.70. The monoisotopic (exact) mass is 249 g/mol. The molecular formula is C14H23N3O. The number of hydrogen-bond acceptors (Lipinski definition) is 3. The Morgan fingerprint density at radius 1 is 1.33 bits per heavy atom. The molecule has 0 unspecified atom stereocenters. The second-order valence-electron chi connectivity index (χ2n) is 4.73. The molecule has 0 atom stereocenters. The summed E-state index contributed by atoms with van der Waals surface area (Å²) in [5, 5.41) is 2.95. The lowest BCUT2D eigenvalue weighted by Crippen LogP contribution is -2.41. The maximum absolute atomic E-state index is 12.3. The Balaban J connectivity index is 2.93. The molecule has 18 heavy (non-hydrogen) atoms. The quantitative estimate of drug-likeness (QED) is 0.842. The maximum atomic E-state index is 12.3. The van der Waals surface area contributed by atoms with Crippen LogP contribution in [0.1, 0.15) is 38.1 Å². The molecule has 0 spiro atoms. The number of anilines is 1. The van der Waals surface area contributed by atoms with E-state index >= 15 is 0 Å². The van der Waals surface area contributed by atoms with Gasteiger partial charge in [-0.05, 0) is 38.8 Å². The zero-order valence-corrected chi connectivity index (χ0v) is 11.7. The minimum Gasteiger partial charge on any atom is -0.329 e. The van der Waals surface area contributed by atoms with Crippen molar-refractivity contribution in [3.8, 4) is 0 Å². The van der Waals surface area contributed by atoms with E-state index in [1.807, 2.05) is 39.8 Å². The number of aryl methyl sites for hydroxylation is 2. The van der Waals surface area contributed by atoms with Gasteiger partial charge in [-0.2, -0.15) is 0 Å². The van der Waals surface area contributed by atoms with Crippen LogP contribution in [0.4, 0.5) is 5.69 Å². The zero-order valence-electron chi connectivity index (χ0n) is 11.7. The summed E-state index contributed by atoms with van der Waals surface area (Å²) in [4.78, 5) is 16.7. The van der Waals surface area contributed by atoms with Crippen LogP contribution in [-0.4, -0.2) is 17.4 Å². The molecule has 0 saturated heterocycles. The van der Waals surface area contributed by atoms with Crippen molar-refractivity contribution in [3.05, 3.63) is 23.5 Å². The van der Waals surface area contributed by atoms with Gasteiger partial charge in [0.1, 0.15) is 0 Å². The fourth-order valence-corrected chi connectivity index (χ4v) is 2.03. The van der Waals surface area contributed by atoms with E-state index in [4.69, 9.17) is 5.73 Å². The second-order valence-corrected chi connectivity index (χ2v) is 4.73. The molecule has 1 aromatic heterocycles. The predicted molar refractivity (Wildman–Crippen MR) is 74.4 cm³/mol. The van der Waals surface area contributed by atoms with Crippen molar-refractivity contribution in [1.82, 2.24) is 4.98 Å². The fourth-order valence-electron chi connectivity index (χ4n) is 2.03. The molecule has 0 aliphatic carbocycles. The lowest BCUT2D eigenvalue weighted by atomic mass is 9.81. The van der Waals surface area contributed by atoms with E-state index in [-0.39, 0.29) is 5.91 Å². The number of carbonyl (C=O) groups is 1. The molecule has 0 aliphatic heterocycles. The topological polar surface area (TPSA) is 68.0 Å². The number of rotatable bonds is 5. The van der Waals surface area contributed by atoms with E-state index in [0.29, 0.717) is 6.54 Å². The number of pyridine rings is 1. The van der Waals surface area contributed by atoms with Crippen LogP contribution >= 0.6 is 0 Å². The molecule has 0 radical (unpaired) electrons. The number of nitrogens with two attached hydrogens (primary N) is 1. The van der Waals surface area contributed by atoms with E-state index in [1.165, 1.54) is 0 Å². The summed E-state index contributed by atoms with van der Waals surface area (Å²) in [5.41, 5.74) is 7.84. The molecule has 3 N–H and O–H groups in total. The van der Waals surface area contributed by atoms with Crippen LogP contribution in [-0.2, 0) is 4.79 Å². The van der Waals surface area contributed by atoms with Crippen LogP contribution in [0.2, 0.25) is 0 Å². The average molecular weight is 249 g/mol. The molecule has 1 aromatic rings. The van der Waals surface area contributed by atoms with E-state index in [9.17, 15) is 4.79 Å². The number of aromatic nitrogens is 1. The summed E-state index contributed by atoms with van der Waals surface area (Å²) >= 11 is 0. The first-order valence-corrected chi connectivity index (χ1v) is 6.45. The molecule has 0 saturated carbocycles. The molecule has 0 bridgehead atoms. The van der Waals surface area contributed by atoms with Gasteiger partial charge >= 0.3 is 0 Å². The largest absolute Gasteiger partial charge is 0.329 e. The number of nitrogens with one attached hydrogen (secondary N) is 1. The molecule has 1 amide bonds. The van der Waals surface area contributed by atoms with Crippen molar-refractivity contribution in [2.45, 2.75) is 40.5 Å². The van der Waals surface area contributed by atoms with Crippen LogP contribution in [0.15, 0.2) is 12.1 Å². The number of hydrogen-bond donors (Lipinski definition) is 2. The Kier molecular flexibility index (Phi) is 4.84. The van der Waals surface area contributed by atoms with Crippen molar-refractivity contribution < 1.29 is 4.79 Å². The van der Waals surface area contributed by atoms with Gasteiger partial charge in [0.15, 0.2) is 0 Å². The Morgan fingerprint density at radius 3 is 2.39 bits per heavy atom. The molecule has 4 nitrogen and oxygen atoms in total. The lowest BCUT2D eigenvalue weighted by Gasteiger charge is -2.28. The number of nitrogens with zero attached hydrogens (tertiary/aromatic N) is 1. The van der Waals surface area contributed by atoms with Gasteiger partial charge in [0.05, 0.1) is 16.8 Å². The van der Waals surface area contributed by atoms with Crippen molar-refractivity contribution >= 4 is 11.6 Å². The van der Waals surface area contributed by atoms with Crippen molar-refractivity contribution in [2.75, 3.05) is 11.9 Å². The van der Waals surface area contributed by atoms with E-state index in [1.54, 1.807) is 0 Å². The van der Waals surface area contributed by atoms with Gasteiger partial charge in [0.2, 0.25) is 5.91 Å². The minimum atomic E-state index is -0.475. The van der Waals surface area contributed by atoms with E-state index < -0.39 is 5.41 Å². The highest BCUT2D eigenvalue weighted by molar-refractivity contribution is 5.95. The maximum Gasteiger partial charge on any atom is 0.231 e. The Morgan fingerprint density at radius 2 is 1.94 bits per heavy atom. The first-order chi connectivity index (χ1) is 8.49. The lowest BCUT2D eigenvalue weighted by molar-refractivity contribution is -0.125. The molecular weight excluding hydrogens is 226 g/mol. The van der Waals surface area contributed by atoms with E-state index in [2.05, 4.69) is 10.3 Å². The highest BCUT2D eigenvalue weighted by Gasteiger charge is 2.33. The summed E-state index contributed by atoms with van der Waals surface area (Å²) in [6, 6.07) is 3.78. The number of amides is 1. The summed E-state index contributed by atoms with van der Waals surface area (Å²) in [5.74, 6) is -0.0104. The fraction of sp³-hybridized carbons (Fsp3) is 0.571. The molecule has 1 heterocycles. The summed E-state index contributed by atoms with van der Waals surface area (Å²) < 4.78 is 0. The third kappa shape index (κ3) is 2.88. The van der Waals surface area contributed by atoms with Crippen LogP contribution in [0.25, 0.3) is 0 Å². The SMILES string of the molecule is CCC(CC)(CN)C(=O)Nc1ccc(C)nc1C. The van der Waals surface area contributed by atoms with Gasteiger partial charge in [-0.3, -0.25) is 9.78 Å². The molecule has 0 fully saturated rings. The highest BCUT2D eigenvalue weighted by atomic mass is 16.2. The van der Waals surface area contributed by atoms with E-state index in [0.717, 1.165) is 29.9 Å². The molecule has 100 valence electrons. The molecule has 0 aromatic carbocycles. The van der Waals surface area contributed by atoms with Crippen LogP contribution in [0.3, 0.4) is 0 Å². The van der Waals surface area contributed by atoms with Crippen molar-refractivity contribution in [3.63, 3.8) is 0 Å². The van der Waals surface area contributed by atoms with Gasteiger partial charge < -0.3 is 11.1 Å². The van der Waals surface area contributed by atoms with Gasteiger partial charge in [0.25, 0.3) is 0 Å². The first kappa shape index (κ1) is 14.6.